The largest absolute Gasteiger partial charge is 0.443 e. The highest BCUT2D eigenvalue weighted by Gasteiger charge is 2.46. The second-order valence-electron chi connectivity index (χ2n) is 9.34. The highest BCUT2D eigenvalue weighted by atomic mass is 16.6. The van der Waals surface area contributed by atoms with Crippen molar-refractivity contribution in [1.29, 1.82) is 0 Å². The second kappa shape index (κ2) is 7.65. The topological polar surface area (TPSA) is 54.0 Å². The number of carbonyl (C=O) groups is 1. The van der Waals surface area contributed by atoms with Crippen molar-refractivity contribution in [2.75, 3.05) is 50.8 Å². The van der Waals surface area contributed by atoms with Crippen molar-refractivity contribution in [3.8, 4) is 0 Å². The predicted molar refractivity (Wildman–Crippen MR) is 110 cm³/mol. The number of ether oxygens (including phenoxy) is 2. The van der Waals surface area contributed by atoms with Gasteiger partial charge in [-0.15, -0.1) is 0 Å². The number of rotatable bonds is 2. The van der Waals surface area contributed by atoms with Crippen molar-refractivity contribution < 1.29 is 14.3 Å². The maximum Gasteiger partial charge on any atom is 0.414 e. The minimum absolute atomic E-state index is 0.0402. The summed E-state index contributed by atoms with van der Waals surface area (Å²) in [4.78, 5) is 17.2. The van der Waals surface area contributed by atoms with Gasteiger partial charge in [-0.3, -0.25) is 9.80 Å². The molecular weight excluding hydrogens is 354 g/mol. The number of carbonyl (C=O) groups excluding carboxylic acids is 1. The Kier molecular flexibility index (Phi) is 5.38. The lowest BCUT2D eigenvalue weighted by atomic mass is 9.74. The summed E-state index contributed by atoms with van der Waals surface area (Å²) < 4.78 is 11.2. The van der Waals surface area contributed by atoms with Crippen LogP contribution in [-0.4, -0.2) is 62.5 Å². The second-order valence-corrected chi connectivity index (χ2v) is 9.34. The monoisotopic (exact) mass is 387 g/mol. The van der Waals surface area contributed by atoms with Gasteiger partial charge in [-0.25, -0.2) is 4.79 Å². The zero-order valence-corrected chi connectivity index (χ0v) is 17.4. The maximum absolute atomic E-state index is 12.9. The Hall–Kier alpha value is -1.63. The van der Waals surface area contributed by atoms with E-state index in [1.54, 1.807) is 0 Å². The number of anilines is 1. The van der Waals surface area contributed by atoms with Gasteiger partial charge in [0.15, 0.2) is 0 Å². The molecule has 6 heteroatoms. The normalized spacial score (nSPS) is 22.3. The van der Waals surface area contributed by atoms with Gasteiger partial charge in [0, 0.05) is 31.6 Å². The van der Waals surface area contributed by atoms with Crippen LogP contribution < -0.4 is 10.2 Å². The summed E-state index contributed by atoms with van der Waals surface area (Å²) in [7, 11) is 0. The van der Waals surface area contributed by atoms with Crippen molar-refractivity contribution in [2.45, 2.75) is 51.2 Å². The summed E-state index contributed by atoms with van der Waals surface area (Å²) >= 11 is 0. The molecule has 0 atom stereocenters. The molecule has 2 fully saturated rings. The molecular formula is C22H33N3O3. The van der Waals surface area contributed by atoms with E-state index in [2.05, 4.69) is 28.4 Å². The van der Waals surface area contributed by atoms with Crippen LogP contribution in [0, 0.1) is 0 Å². The minimum Gasteiger partial charge on any atom is -0.443 e. The number of morpholine rings is 1. The molecule has 28 heavy (non-hydrogen) atoms. The molecule has 3 aliphatic heterocycles. The summed E-state index contributed by atoms with van der Waals surface area (Å²) in [5.41, 5.74) is 3.23. The quantitative estimate of drug-likeness (QED) is 0.846. The predicted octanol–water partition coefficient (Wildman–Crippen LogP) is 2.90. The van der Waals surface area contributed by atoms with Crippen LogP contribution in [0.2, 0.25) is 0 Å². The first-order valence-electron chi connectivity index (χ1n) is 10.5. The minimum atomic E-state index is -0.489. The van der Waals surface area contributed by atoms with Crippen molar-refractivity contribution in [2.24, 2.45) is 0 Å². The van der Waals surface area contributed by atoms with E-state index in [0.717, 1.165) is 71.0 Å². The molecule has 0 unspecified atom stereocenters. The maximum atomic E-state index is 12.9. The van der Waals surface area contributed by atoms with Crippen LogP contribution >= 0.6 is 0 Å². The average molecular weight is 388 g/mol. The molecule has 0 aromatic heterocycles. The van der Waals surface area contributed by atoms with E-state index in [0.29, 0.717) is 0 Å². The van der Waals surface area contributed by atoms with Gasteiger partial charge >= 0.3 is 6.09 Å². The summed E-state index contributed by atoms with van der Waals surface area (Å²) in [6.07, 6.45) is 1.88. The molecule has 0 radical (unpaired) electrons. The van der Waals surface area contributed by atoms with E-state index in [9.17, 15) is 4.79 Å². The summed E-state index contributed by atoms with van der Waals surface area (Å²) in [5.74, 6) is 0. The van der Waals surface area contributed by atoms with Gasteiger partial charge in [-0.05, 0) is 63.9 Å². The number of piperidine rings is 1. The highest BCUT2D eigenvalue weighted by molar-refractivity contribution is 5.92. The lowest BCUT2D eigenvalue weighted by Gasteiger charge is -2.35. The molecule has 1 aromatic rings. The Morgan fingerprint density at radius 3 is 2.61 bits per heavy atom. The molecule has 154 valence electrons. The van der Waals surface area contributed by atoms with Crippen molar-refractivity contribution in [1.82, 2.24) is 10.2 Å². The molecule has 1 aromatic carbocycles. The highest BCUT2D eigenvalue weighted by Crippen LogP contribution is 2.47. The van der Waals surface area contributed by atoms with Gasteiger partial charge in [-0.1, -0.05) is 12.1 Å². The third kappa shape index (κ3) is 4.04. The third-order valence-corrected chi connectivity index (χ3v) is 6.07. The summed E-state index contributed by atoms with van der Waals surface area (Å²) in [5, 5.41) is 3.47. The zero-order valence-electron chi connectivity index (χ0n) is 17.4. The average Bonchev–Trinajstić information content (AvgIpc) is 2.96. The van der Waals surface area contributed by atoms with E-state index in [4.69, 9.17) is 9.47 Å². The van der Waals surface area contributed by atoms with Crippen molar-refractivity contribution in [3.05, 3.63) is 29.3 Å². The molecule has 6 nitrogen and oxygen atoms in total. The Labute approximate surface area is 168 Å². The number of benzene rings is 1. The molecule has 3 aliphatic rings. The molecule has 1 N–H and O–H groups in total. The Morgan fingerprint density at radius 1 is 1.21 bits per heavy atom. The van der Waals surface area contributed by atoms with Gasteiger partial charge in [-0.2, -0.15) is 0 Å². The van der Waals surface area contributed by atoms with Crippen molar-refractivity contribution >= 4 is 11.8 Å². The third-order valence-electron chi connectivity index (χ3n) is 6.07. The number of hydrogen-bond donors (Lipinski definition) is 1. The fourth-order valence-electron chi connectivity index (χ4n) is 4.64. The van der Waals surface area contributed by atoms with Crippen molar-refractivity contribution in [3.63, 3.8) is 0 Å². The van der Waals surface area contributed by atoms with Crippen LogP contribution in [0.25, 0.3) is 0 Å². The Bertz CT molecular complexity index is 716. The van der Waals surface area contributed by atoms with Gasteiger partial charge in [0.2, 0.25) is 0 Å². The van der Waals surface area contributed by atoms with Gasteiger partial charge in [0.05, 0.1) is 18.9 Å². The number of hydrogen-bond acceptors (Lipinski definition) is 5. The van der Waals surface area contributed by atoms with E-state index in [1.807, 2.05) is 25.7 Å². The Balaban J connectivity index is 1.62. The van der Waals surface area contributed by atoms with Gasteiger partial charge < -0.3 is 14.8 Å². The van der Waals surface area contributed by atoms with E-state index in [1.165, 1.54) is 11.1 Å². The van der Waals surface area contributed by atoms with E-state index >= 15 is 0 Å². The SMILES string of the molecule is CC(C)(C)OC(=O)N1CC2(CCNCC2)c2cc(CN3CCOCC3)ccc21. The molecule has 1 spiro atoms. The van der Waals surface area contributed by atoms with Crippen LogP contribution in [0.3, 0.4) is 0 Å². The van der Waals surface area contributed by atoms with Crippen LogP contribution in [0.4, 0.5) is 10.5 Å². The molecule has 0 aliphatic carbocycles. The molecule has 0 saturated carbocycles. The molecule has 1 amide bonds. The number of nitrogens with one attached hydrogen (secondary N) is 1. The number of amides is 1. The molecule has 4 rings (SSSR count). The first-order valence-corrected chi connectivity index (χ1v) is 10.5. The molecule has 0 bridgehead atoms. The van der Waals surface area contributed by atoms with Crippen LogP contribution in [0.5, 0.6) is 0 Å². The number of nitrogens with zero attached hydrogens (tertiary/aromatic N) is 2. The first kappa shape index (κ1) is 19.7. The molecule has 3 heterocycles. The molecule has 2 saturated heterocycles. The van der Waals surface area contributed by atoms with Gasteiger partial charge in [0.25, 0.3) is 0 Å². The lowest BCUT2D eigenvalue weighted by Crippen LogP contribution is -2.45. The van der Waals surface area contributed by atoms with Gasteiger partial charge in [0.1, 0.15) is 5.60 Å². The Morgan fingerprint density at radius 2 is 1.93 bits per heavy atom. The summed E-state index contributed by atoms with van der Waals surface area (Å²) in [6.45, 7) is 13.0. The van der Waals surface area contributed by atoms with E-state index in [-0.39, 0.29) is 11.5 Å². The smallest absolute Gasteiger partial charge is 0.414 e. The summed E-state index contributed by atoms with van der Waals surface area (Å²) in [6, 6.07) is 6.65. The zero-order chi connectivity index (χ0) is 19.8. The van der Waals surface area contributed by atoms with E-state index < -0.39 is 5.60 Å². The standard InChI is InChI=1S/C22H33N3O3/c1-21(2,3)28-20(26)25-16-22(6-8-23-9-7-22)18-14-17(4-5-19(18)25)15-24-10-12-27-13-11-24/h4-5,14,23H,6-13,15-16H2,1-3H3. The fourth-order valence-corrected chi connectivity index (χ4v) is 4.64. The lowest BCUT2D eigenvalue weighted by molar-refractivity contribution is 0.0341. The number of fused-ring (bicyclic) bond motifs is 2. The first-order chi connectivity index (χ1) is 13.4. The fraction of sp³-hybridized carbons (Fsp3) is 0.682. The van der Waals surface area contributed by atoms with Crippen LogP contribution in [0.1, 0.15) is 44.7 Å². The van der Waals surface area contributed by atoms with Crippen LogP contribution in [0.15, 0.2) is 18.2 Å². The van der Waals surface area contributed by atoms with Crippen LogP contribution in [-0.2, 0) is 21.4 Å².